The van der Waals surface area contributed by atoms with Gasteiger partial charge in [0, 0.05) is 18.8 Å². The molecule has 1 N–H and O–H groups in total. The van der Waals surface area contributed by atoms with Crippen LogP contribution in [0.15, 0.2) is 24.3 Å². The van der Waals surface area contributed by atoms with Gasteiger partial charge in [0.2, 0.25) is 5.91 Å². The first kappa shape index (κ1) is 16.3. The quantitative estimate of drug-likeness (QED) is 0.909. The minimum absolute atomic E-state index is 0. The maximum Gasteiger partial charge on any atom is 0.243 e. The summed E-state index contributed by atoms with van der Waals surface area (Å²) in [6.07, 6.45) is 6.18. The van der Waals surface area contributed by atoms with E-state index >= 15 is 0 Å². The second-order valence-corrected chi connectivity index (χ2v) is 6.34. The van der Waals surface area contributed by atoms with E-state index in [0.717, 1.165) is 12.1 Å². The molecule has 1 aromatic carbocycles. The number of hydrogen-bond donors (Lipinski definition) is 1. The van der Waals surface area contributed by atoms with Gasteiger partial charge in [0.05, 0.1) is 6.04 Å². The summed E-state index contributed by atoms with van der Waals surface area (Å²) in [5, 5.41) is 3.57. The van der Waals surface area contributed by atoms with E-state index in [9.17, 15) is 4.79 Å². The summed E-state index contributed by atoms with van der Waals surface area (Å²) in [5.41, 5.74) is 2.18. The van der Waals surface area contributed by atoms with Crippen LogP contribution in [0.4, 0.5) is 5.69 Å². The number of anilines is 1. The highest BCUT2D eigenvalue weighted by molar-refractivity contribution is 5.97. The van der Waals surface area contributed by atoms with E-state index in [2.05, 4.69) is 24.4 Å². The number of nitrogens with zero attached hydrogens (tertiary/aromatic N) is 1. The molecule has 21 heavy (non-hydrogen) atoms. The molecular formula is C17H25ClN2O. The van der Waals surface area contributed by atoms with E-state index in [1.165, 1.54) is 31.2 Å². The normalized spacial score (nSPS) is 27.6. The molecule has 0 spiro atoms. The lowest BCUT2D eigenvalue weighted by molar-refractivity contribution is -0.120. The van der Waals surface area contributed by atoms with Crippen molar-refractivity contribution in [3.05, 3.63) is 29.8 Å². The number of aryl methyl sites for hydroxylation is 1. The molecule has 3 unspecified atom stereocenters. The van der Waals surface area contributed by atoms with E-state index in [1.54, 1.807) is 0 Å². The third-order valence-electron chi connectivity index (χ3n) is 4.88. The molecule has 0 bridgehead atoms. The summed E-state index contributed by atoms with van der Waals surface area (Å²) in [5.74, 6) is 0.925. The van der Waals surface area contributed by atoms with Crippen LogP contribution in [-0.4, -0.2) is 25.0 Å². The number of carbonyl (C=O) groups is 1. The average Bonchev–Trinajstić information content (AvgIpc) is 2.89. The van der Waals surface area contributed by atoms with Gasteiger partial charge in [-0.3, -0.25) is 4.79 Å². The Hall–Kier alpha value is -1.06. The number of amides is 1. The van der Waals surface area contributed by atoms with Gasteiger partial charge in [0.1, 0.15) is 0 Å². The molecular weight excluding hydrogens is 284 g/mol. The van der Waals surface area contributed by atoms with Gasteiger partial charge >= 0.3 is 0 Å². The molecule has 0 radical (unpaired) electrons. The summed E-state index contributed by atoms with van der Waals surface area (Å²) in [7, 11) is 1.89. The summed E-state index contributed by atoms with van der Waals surface area (Å²) < 4.78 is 0. The Morgan fingerprint density at radius 3 is 2.76 bits per heavy atom. The molecule has 4 heteroatoms. The summed E-state index contributed by atoms with van der Waals surface area (Å²) in [6, 6.07) is 8.73. The first-order valence-electron chi connectivity index (χ1n) is 7.75. The third-order valence-corrected chi connectivity index (χ3v) is 4.88. The lowest BCUT2D eigenvalue weighted by atomic mass is 9.85. The average molecular weight is 309 g/mol. The highest BCUT2D eigenvalue weighted by Crippen LogP contribution is 2.34. The number of nitrogens with one attached hydrogen (secondary N) is 1. The van der Waals surface area contributed by atoms with Crippen molar-refractivity contribution in [3.8, 4) is 0 Å². The Labute approximate surface area is 133 Å². The van der Waals surface area contributed by atoms with Crippen LogP contribution in [0, 0.1) is 12.8 Å². The minimum Gasteiger partial charge on any atom is -0.314 e. The number of rotatable bonds is 2. The van der Waals surface area contributed by atoms with Gasteiger partial charge < -0.3 is 10.2 Å². The first-order valence-corrected chi connectivity index (χ1v) is 7.75. The standard InChI is InChI=1S/C17H24N2O.ClH/c1-12-6-5-8-14(10-12)19(2)17(20)16-11-13-7-3-4-9-15(13)18-16;/h5-6,8,10,13,15-16,18H,3-4,7,9,11H2,1-2H3;1H. The van der Waals surface area contributed by atoms with Crippen LogP contribution in [0.25, 0.3) is 0 Å². The van der Waals surface area contributed by atoms with Crippen molar-refractivity contribution in [1.82, 2.24) is 5.32 Å². The zero-order chi connectivity index (χ0) is 14.1. The van der Waals surface area contributed by atoms with Crippen LogP contribution in [0.1, 0.15) is 37.7 Å². The van der Waals surface area contributed by atoms with Crippen molar-refractivity contribution in [1.29, 1.82) is 0 Å². The molecule has 1 aliphatic heterocycles. The molecule has 1 amide bonds. The van der Waals surface area contributed by atoms with Gasteiger partial charge in [-0.1, -0.05) is 25.0 Å². The van der Waals surface area contributed by atoms with Gasteiger partial charge in [-0.2, -0.15) is 0 Å². The number of carbonyl (C=O) groups excluding carboxylic acids is 1. The molecule has 1 heterocycles. The monoisotopic (exact) mass is 308 g/mol. The second-order valence-electron chi connectivity index (χ2n) is 6.34. The molecule has 2 aliphatic rings. The fraction of sp³-hybridized carbons (Fsp3) is 0.588. The topological polar surface area (TPSA) is 32.3 Å². The number of likely N-dealkylation sites (N-methyl/N-ethyl adjacent to an activating group) is 1. The zero-order valence-electron chi connectivity index (χ0n) is 12.8. The van der Waals surface area contributed by atoms with Crippen LogP contribution in [0.5, 0.6) is 0 Å². The van der Waals surface area contributed by atoms with Crippen molar-refractivity contribution < 1.29 is 4.79 Å². The van der Waals surface area contributed by atoms with Crippen molar-refractivity contribution in [2.45, 2.75) is 51.1 Å². The van der Waals surface area contributed by atoms with E-state index in [1.807, 2.05) is 24.1 Å². The molecule has 0 aromatic heterocycles. The van der Waals surface area contributed by atoms with Crippen molar-refractivity contribution in [3.63, 3.8) is 0 Å². The van der Waals surface area contributed by atoms with E-state index < -0.39 is 0 Å². The molecule has 1 aromatic rings. The molecule has 1 saturated heterocycles. The molecule has 3 rings (SSSR count). The number of halogens is 1. The Morgan fingerprint density at radius 1 is 1.29 bits per heavy atom. The Bertz CT molecular complexity index is 491. The molecule has 116 valence electrons. The fourth-order valence-electron chi connectivity index (χ4n) is 3.71. The molecule has 1 aliphatic carbocycles. The first-order chi connectivity index (χ1) is 9.65. The predicted molar refractivity (Wildman–Crippen MR) is 89.1 cm³/mol. The highest BCUT2D eigenvalue weighted by atomic mass is 35.5. The SMILES string of the molecule is Cc1cccc(N(C)C(=O)C2CC3CCCCC3N2)c1.Cl. The molecule has 1 saturated carbocycles. The molecule has 3 atom stereocenters. The van der Waals surface area contributed by atoms with Crippen molar-refractivity contribution in [2.75, 3.05) is 11.9 Å². The lowest BCUT2D eigenvalue weighted by Crippen LogP contribution is -2.44. The van der Waals surface area contributed by atoms with Crippen molar-refractivity contribution in [2.24, 2.45) is 5.92 Å². The van der Waals surface area contributed by atoms with E-state index in [-0.39, 0.29) is 24.4 Å². The number of hydrogen-bond acceptors (Lipinski definition) is 2. The predicted octanol–water partition coefficient (Wildman–Crippen LogP) is 3.30. The summed E-state index contributed by atoms with van der Waals surface area (Å²) in [4.78, 5) is 14.5. The maximum absolute atomic E-state index is 12.7. The lowest BCUT2D eigenvalue weighted by Gasteiger charge is -2.24. The fourth-order valence-corrected chi connectivity index (χ4v) is 3.71. The van der Waals surface area contributed by atoms with Gasteiger partial charge in [0.15, 0.2) is 0 Å². The Kier molecular flexibility index (Phi) is 5.28. The summed E-state index contributed by atoms with van der Waals surface area (Å²) in [6.45, 7) is 2.06. The van der Waals surface area contributed by atoms with Gasteiger partial charge in [-0.05, 0) is 49.8 Å². The number of fused-ring (bicyclic) bond motifs is 1. The highest BCUT2D eigenvalue weighted by Gasteiger charge is 2.39. The van der Waals surface area contributed by atoms with E-state index in [4.69, 9.17) is 0 Å². The second kappa shape index (κ2) is 6.80. The van der Waals surface area contributed by atoms with Crippen LogP contribution >= 0.6 is 12.4 Å². The van der Waals surface area contributed by atoms with Crippen LogP contribution < -0.4 is 10.2 Å². The van der Waals surface area contributed by atoms with Gasteiger partial charge in [0.25, 0.3) is 0 Å². The van der Waals surface area contributed by atoms with Gasteiger partial charge in [-0.15, -0.1) is 12.4 Å². The molecule has 3 nitrogen and oxygen atoms in total. The third kappa shape index (κ3) is 3.41. The van der Waals surface area contributed by atoms with Crippen LogP contribution in [0.3, 0.4) is 0 Å². The van der Waals surface area contributed by atoms with Crippen molar-refractivity contribution >= 4 is 24.0 Å². The zero-order valence-corrected chi connectivity index (χ0v) is 13.7. The number of benzene rings is 1. The largest absolute Gasteiger partial charge is 0.314 e. The van der Waals surface area contributed by atoms with Crippen LogP contribution in [-0.2, 0) is 4.79 Å². The molecule has 2 fully saturated rings. The van der Waals surface area contributed by atoms with Gasteiger partial charge in [-0.25, -0.2) is 0 Å². The van der Waals surface area contributed by atoms with Crippen LogP contribution in [0.2, 0.25) is 0 Å². The Morgan fingerprint density at radius 2 is 2.05 bits per heavy atom. The smallest absolute Gasteiger partial charge is 0.243 e. The van der Waals surface area contributed by atoms with E-state index in [0.29, 0.717) is 12.0 Å². The maximum atomic E-state index is 12.7. The Balaban J connectivity index is 0.00000161. The minimum atomic E-state index is 0. The summed E-state index contributed by atoms with van der Waals surface area (Å²) >= 11 is 0.